The molecule has 0 bridgehead atoms. The lowest BCUT2D eigenvalue weighted by atomic mass is 10.2. The largest absolute Gasteiger partial charge is 0.353 e. The fourth-order valence-corrected chi connectivity index (χ4v) is 2.53. The molecule has 2 rings (SSSR count). The Morgan fingerprint density at radius 3 is 2.25 bits per heavy atom. The van der Waals surface area contributed by atoms with E-state index in [0.29, 0.717) is 11.3 Å². The molecule has 106 valence electrons. The van der Waals surface area contributed by atoms with Crippen LogP contribution in [0.25, 0.3) is 0 Å². The second kappa shape index (κ2) is 5.58. The lowest BCUT2D eigenvalue weighted by Gasteiger charge is -2.08. The number of sulfone groups is 1. The Labute approximate surface area is 116 Å². The van der Waals surface area contributed by atoms with E-state index in [-0.39, 0.29) is 11.4 Å². The first-order valence-corrected chi connectivity index (χ1v) is 7.88. The van der Waals surface area contributed by atoms with Crippen molar-refractivity contribution in [3.63, 3.8) is 0 Å². The molecule has 0 unspecified atom stereocenters. The van der Waals surface area contributed by atoms with Crippen molar-refractivity contribution in [1.82, 2.24) is 0 Å². The zero-order valence-electron chi connectivity index (χ0n) is 10.7. The molecular formula is C14H13F2NO2S. The summed E-state index contributed by atoms with van der Waals surface area (Å²) in [6, 6.07) is 9.82. The van der Waals surface area contributed by atoms with E-state index in [4.69, 9.17) is 0 Å². The van der Waals surface area contributed by atoms with Crippen molar-refractivity contribution in [3.05, 3.63) is 59.7 Å². The van der Waals surface area contributed by atoms with Gasteiger partial charge in [0.25, 0.3) is 0 Å². The van der Waals surface area contributed by atoms with Gasteiger partial charge in [0.05, 0.1) is 11.4 Å². The Morgan fingerprint density at radius 1 is 1.05 bits per heavy atom. The van der Waals surface area contributed by atoms with Gasteiger partial charge in [-0.15, -0.1) is 0 Å². The Hall–Kier alpha value is -1.95. The van der Waals surface area contributed by atoms with Gasteiger partial charge in [-0.05, 0) is 29.8 Å². The Morgan fingerprint density at radius 2 is 1.70 bits per heavy atom. The molecule has 0 aliphatic rings. The van der Waals surface area contributed by atoms with Gasteiger partial charge in [-0.1, -0.05) is 12.1 Å². The van der Waals surface area contributed by atoms with E-state index < -0.39 is 21.5 Å². The standard InChI is InChI=1S/C14H13F2NO2S/c1-20(18,19)9-10-2-5-12(6-3-10)17-14-7-4-11(15)8-13(14)16/h2-8,17H,9H2,1H3. The monoisotopic (exact) mass is 297 g/mol. The van der Waals surface area contributed by atoms with Gasteiger partial charge in [0.15, 0.2) is 9.84 Å². The maximum absolute atomic E-state index is 13.5. The first kappa shape index (κ1) is 14.5. The molecule has 1 N–H and O–H groups in total. The predicted octanol–water partition coefficient (Wildman–Crippen LogP) is 3.25. The minimum absolute atomic E-state index is 0.0435. The summed E-state index contributed by atoms with van der Waals surface area (Å²) < 4.78 is 48.5. The first-order valence-electron chi connectivity index (χ1n) is 5.82. The SMILES string of the molecule is CS(=O)(=O)Cc1ccc(Nc2ccc(F)cc2F)cc1. The van der Waals surface area contributed by atoms with E-state index in [1.165, 1.54) is 6.07 Å². The van der Waals surface area contributed by atoms with Crippen LogP contribution >= 0.6 is 0 Å². The first-order chi connectivity index (χ1) is 9.33. The van der Waals surface area contributed by atoms with Gasteiger partial charge in [-0.25, -0.2) is 17.2 Å². The molecule has 0 amide bonds. The topological polar surface area (TPSA) is 46.2 Å². The predicted molar refractivity (Wildman–Crippen MR) is 74.6 cm³/mol. The van der Waals surface area contributed by atoms with E-state index in [2.05, 4.69) is 5.32 Å². The van der Waals surface area contributed by atoms with Crippen molar-refractivity contribution >= 4 is 21.2 Å². The summed E-state index contributed by atoms with van der Waals surface area (Å²) in [5.41, 5.74) is 1.40. The highest BCUT2D eigenvalue weighted by molar-refractivity contribution is 7.89. The van der Waals surface area contributed by atoms with E-state index in [0.717, 1.165) is 18.4 Å². The Balaban J connectivity index is 2.14. The molecular weight excluding hydrogens is 284 g/mol. The van der Waals surface area contributed by atoms with Crippen molar-refractivity contribution in [3.8, 4) is 0 Å². The number of hydrogen-bond donors (Lipinski definition) is 1. The van der Waals surface area contributed by atoms with Crippen LogP contribution in [0.2, 0.25) is 0 Å². The summed E-state index contributed by atoms with van der Waals surface area (Å²) in [5, 5.41) is 2.80. The van der Waals surface area contributed by atoms with Crippen LogP contribution in [-0.4, -0.2) is 14.7 Å². The number of halogens is 2. The van der Waals surface area contributed by atoms with Gasteiger partial charge in [0.1, 0.15) is 11.6 Å². The summed E-state index contributed by atoms with van der Waals surface area (Å²) in [7, 11) is -3.08. The van der Waals surface area contributed by atoms with E-state index in [9.17, 15) is 17.2 Å². The van der Waals surface area contributed by atoms with Crippen LogP contribution in [0, 0.1) is 11.6 Å². The summed E-state index contributed by atoms with van der Waals surface area (Å²) in [6.45, 7) is 0. The number of hydrogen-bond acceptors (Lipinski definition) is 3. The van der Waals surface area contributed by atoms with Crippen LogP contribution in [0.15, 0.2) is 42.5 Å². The van der Waals surface area contributed by atoms with Crippen LogP contribution in [0.4, 0.5) is 20.2 Å². The normalized spacial score (nSPS) is 11.3. The summed E-state index contributed by atoms with van der Waals surface area (Å²) in [5.74, 6) is -1.38. The second-order valence-electron chi connectivity index (χ2n) is 4.52. The third kappa shape index (κ3) is 4.03. The van der Waals surface area contributed by atoms with Crippen LogP contribution in [0.3, 0.4) is 0 Å². The van der Waals surface area contributed by atoms with Crippen molar-refractivity contribution in [2.24, 2.45) is 0 Å². The van der Waals surface area contributed by atoms with E-state index in [1.54, 1.807) is 24.3 Å². The molecule has 2 aromatic rings. The molecule has 0 saturated carbocycles. The van der Waals surface area contributed by atoms with Crippen LogP contribution in [0.1, 0.15) is 5.56 Å². The smallest absolute Gasteiger partial charge is 0.151 e. The van der Waals surface area contributed by atoms with Crippen molar-refractivity contribution in [2.45, 2.75) is 5.75 Å². The van der Waals surface area contributed by atoms with Crippen LogP contribution < -0.4 is 5.32 Å². The maximum Gasteiger partial charge on any atom is 0.151 e. The van der Waals surface area contributed by atoms with Gasteiger partial charge in [0, 0.05) is 18.0 Å². The zero-order chi connectivity index (χ0) is 14.8. The third-order valence-electron chi connectivity index (χ3n) is 2.59. The third-order valence-corrected chi connectivity index (χ3v) is 3.45. The fraction of sp³-hybridized carbons (Fsp3) is 0.143. The molecule has 6 heteroatoms. The highest BCUT2D eigenvalue weighted by Gasteiger charge is 2.06. The molecule has 20 heavy (non-hydrogen) atoms. The molecule has 0 aromatic heterocycles. The summed E-state index contributed by atoms with van der Waals surface area (Å²) in [4.78, 5) is 0. The molecule has 0 saturated heterocycles. The minimum Gasteiger partial charge on any atom is -0.353 e. The number of rotatable bonds is 4. The van der Waals surface area contributed by atoms with Gasteiger partial charge in [-0.2, -0.15) is 0 Å². The van der Waals surface area contributed by atoms with Gasteiger partial charge < -0.3 is 5.32 Å². The molecule has 2 aromatic carbocycles. The maximum atomic E-state index is 13.5. The highest BCUT2D eigenvalue weighted by Crippen LogP contribution is 2.21. The molecule has 0 atom stereocenters. The fourth-order valence-electron chi connectivity index (χ4n) is 1.73. The molecule has 0 aliphatic carbocycles. The highest BCUT2D eigenvalue weighted by atomic mass is 32.2. The lowest BCUT2D eigenvalue weighted by molar-refractivity contribution is 0.586. The molecule has 3 nitrogen and oxygen atoms in total. The Kier molecular flexibility index (Phi) is 4.04. The van der Waals surface area contributed by atoms with Crippen LogP contribution in [-0.2, 0) is 15.6 Å². The quantitative estimate of drug-likeness (QED) is 0.942. The number of nitrogens with one attached hydrogen (secondary N) is 1. The summed E-state index contributed by atoms with van der Waals surface area (Å²) >= 11 is 0. The van der Waals surface area contributed by atoms with Gasteiger partial charge in [-0.3, -0.25) is 0 Å². The number of benzene rings is 2. The summed E-state index contributed by atoms with van der Waals surface area (Å²) in [6.07, 6.45) is 1.16. The average molecular weight is 297 g/mol. The lowest BCUT2D eigenvalue weighted by Crippen LogP contribution is -2.01. The second-order valence-corrected chi connectivity index (χ2v) is 6.66. The molecule has 0 spiro atoms. The molecule has 0 heterocycles. The van der Waals surface area contributed by atoms with Gasteiger partial charge in [0.2, 0.25) is 0 Å². The minimum atomic E-state index is -3.08. The van der Waals surface area contributed by atoms with E-state index in [1.807, 2.05) is 0 Å². The molecule has 0 aliphatic heterocycles. The Bertz CT molecular complexity index is 712. The van der Waals surface area contributed by atoms with Crippen molar-refractivity contribution in [1.29, 1.82) is 0 Å². The molecule has 0 fully saturated rings. The molecule has 0 radical (unpaired) electrons. The number of anilines is 2. The van der Waals surface area contributed by atoms with Crippen molar-refractivity contribution in [2.75, 3.05) is 11.6 Å². The van der Waals surface area contributed by atoms with Gasteiger partial charge >= 0.3 is 0 Å². The van der Waals surface area contributed by atoms with Crippen LogP contribution in [0.5, 0.6) is 0 Å². The average Bonchev–Trinajstić information content (AvgIpc) is 2.33. The van der Waals surface area contributed by atoms with E-state index >= 15 is 0 Å². The van der Waals surface area contributed by atoms with Crippen molar-refractivity contribution < 1.29 is 17.2 Å². The zero-order valence-corrected chi connectivity index (χ0v) is 11.5.